The van der Waals surface area contributed by atoms with Gasteiger partial charge < -0.3 is 39.6 Å². The molecule has 4 N–H and O–H groups in total. The van der Waals surface area contributed by atoms with Crippen molar-refractivity contribution in [2.24, 2.45) is 28.6 Å². The van der Waals surface area contributed by atoms with Gasteiger partial charge in [-0.15, -0.1) is 0 Å². The summed E-state index contributed by atoms with van der Waals surface area (Å²) in [6.45, 7) is 12.4. The highest BCUT2D eigenvalue weighted by Crippen LogP contribution is 2.61. The highest BCUT2D eigenvalue weighted by Gasteiger charge is 2.73. The molecule has 0 radical (unpaired) electrons. The van der Waals surface area contributed by atoms with E-state index in [4.69, 9.17) is 18.9 Å². The number of alkyl carbamates (subject to hydrolysis) is 1. The van der Waals surface area contributed by atoms with Crippen molar-refractivity contribution in [3.05, 3.63) is 0 Å². The largest absolute Gasteiger partial charge is 0.460 e. The van der Waals surface area contributed by atoms with Crippen LogP contribution >= 0.6 is 0 Å². The Morgan fingerprint density at radius 3 is 2.26 bits per heavy atom. The lowest BCUT2D eigenvalue weighted by Gasteiger charge is -2.64. The van der Waals surface area contributed by atoms with Crippen molar-refractivity contribution in [1.29, 1.82) is 0 Å². The minimum Gasteiger partial charge on any atom is -0.460 e. The number of esters is 2. The maximum Gasteiger partial charge on any atom is 0.407 e. The van der Waals surface area contributed by atoms with Crippen LogP contribution in [-0.4, -0.2) is 99.3 Å². The predicted molar refractivity (Wildman–Crippen MR) is 147 cm³/mol. The van der Waals surface area contributed by atoms with Crippen LogP contribution in [0.25, 0.3) is 0 Å². The Balaban J connectivity index is 1.68. The third-order valence-electron chi connectivity index (χ3n) is 10.2. The molecule has 4 rings (SSSR count). The van der Waals surface area contributed by atoms with E-state index in [-0.39, 0.29) is 25.9 Å². The smallest absolute Gasteiger partial charge is 0.407 e. The number of hydrogen-bond donors (Lipinski definition) is 4. The molecule has 4 aliphatic rings. The Bertz CT molecular complexity index is 1180. The zero-order valence-corrected chi connectivity index (χ0v) is 26.0. The number of ketones is 2. The molecule has 1 amide bonds. The fraction of sp³-hybridized carbons (Fsp3) is 0.833. The molecule has 3 aliphatic carbocycles. The van der Waals surface area contributed by atoms with Gasteiger partial charge in [-0.3, -0.25) is 14.4 Å². The second-order valence-electron chi connectivity index (χ2n) is 14.4. The van der Waals surface area contributed by atoms with E-state index in [9.17, 15) is 39.3 Å². The first-order chi connectivity index (χ1) is 19.6. The third kappa shape index (κ3) is 5.57. The number of amides is 1. The van der Waals surface area contributed by atoms with Crippen molar-refractivity contribution in [1.82, 2.24) is 5.32 Å². The number of aliphatic hydroxyl groups excluding tert-OH is 2. The fourth-order valence-electron chi connectivity index (χ4n) is 7.54. The molecule has 2 bridgehead atoms. The number of carbonyl (C=O) groups is 5. The number of ether oxygens (including phenoxy) is 4. The fourth-order valence-corrected chi connectivity index (χ4v) is 7.54. The minimum absolute atomic E-state index is 0.115. The Kier molecular flexibility index (Phi) is 8.58. The van der Waals surface area contributed by atoms with Crippen LogP contribution in [0.15, 0.2) is 0 Å². The van der Waals surface area contributed by atoms with Gasteiger partial charge in [0.2, 0.25) is 11.6 Å². The van der Waals surface area contributed by atoms with Crippen LogP contribution in [0, 0.1) is 28.6 Å². The summed E-state index contributed by atoms with van der Waals surface area (Å²) in [7, 11) is 0. The normalized spacial score (nSPS) is 39.8. The van der Waals surface area contributed by atoms with E-state index in [1.165, 1.54) is 20.8 Å². The molecule has 13 heteroatoms. The van der Waals surface area contributed by atoms with Crippen molar-refractivity contribution in [2.75, 3.05) is 6.61 Å². The summed E-state index contributed by atoms with van der Waals surface area (Å²) in [5.74, 6) is -6.06. The van der Waals surface area contributed by atoms with Gasteiger partial charge in [0.05, 0.1) is 30.3 Å². The van der Waals surface area contributed by atoms with E-state index >= 15 is 0 Å². The van der Waals surface area contributed by atoms with E-state index in [0.29, 0.717) is 0 Å². The molecule has 1 aliphatic heterocycles. The number of rotatable bonds is 5. The van der Waals surface area contributed by atoms with Crippen LogP contribution in [0.4, 0.5) is 4.79 Å². The second-order valence-corrected chi connectivity index (χ2v) is 14.4. The van der Waals surface area contributed by atoms with Gasteiger partial charge in [-0.1, -0.05) is 13.8 Å². The lowest BCUT2D eigenvalue weighted by atomic mass is 9.45. The third-order valence-corrected chi connectivity index (χ3v) is 10.2. The van der Waals surface area contributed by atoms with Crippen LogP contribution in [-0.2, 0) is 38.1 Å². The molecule has 1 saturated heterocycles. The zero-order chi connectivity index (χ0) is 32.4. The first kappa shape index (κ1) is 33.3. The molecule has 0 aromatic carbocycles. The van der Waals surface area contributed by atoms with Crippen LogP contribution in [0.1, 0.15) is 74.7 Å². The highest BCUT2D eigenvalue weighted by atomic mass is 16.6. The number of fused-ring (bicyclic) bond motifs is 5. The molecule has 1 heterocycles. The van der Waals surface area contributed by atoms with Crippen molar-refractivity contribution in [3.8, 4) is 0 Å². The number of hydrogen-bond acceptors (Lipinski definition) is 12. The molecule has 0 aromatic rings. The summed E-state index contributed by atoms with van der Waals surface area (Å²) < 4.78 is 22.2. The lowest BCUT2D eigenvalue weighted by molar-refractivity contribution is -0.291. The molecule has 0 aromatic heterocycles. The first-order valence-corrected chi connectivity index (χ1v) is 14.8. The molecule has 43 heavy (non-hydrogen) atoms. The van der Waals surface area contributed by atoms with Crippen LogP contribution in [0.3, 0.4) is 0 Å². The van der Waals surface area contributed by atoms with Crippen molar-refractivity contribution in [3.63, 3.8) is 0 Å². The number of Topliss-reactive ketones (excluding diaryl/α,β-unsaturated/α-hetero) is 2. The van der Waals surface area contributed by atoms with E-state index in [1.54, 1.807) is 34.6 Å². The average Bonchev–Trinajstić information content (AvgIpc) is 2.85. The maximum atomic E-state index is 14.0. The van der Waals surface area contributed by atoms with Gasteiger partial charge in [-0.05, 0) is 41.0 Å². The van der Waals surface area contributed by atoms with Crippen molar-refractivity contribution in [2.45, 2.75) is 122 Å². The summed E-state index contributed by atoms with van der Waals surface area (Å²) in [6, 6.07) is -1.12. The molecular weight excluding hydrogens is 566 g/mol. The van der Waals surface area contributed by atoms with E-state index in [2.05, 4.69) is 5.32 Å². The number of carbonyl (C=O) groups excluding carboxylic acids is 5. The van der Waals surface area contributed by atoms with Crippen molar-refractivity contribution < 1.29 is 58.2 Å². The van der Waals surface area contributed by atoms with Gasteiger partial charge in [0, 0.05) is 42.9 Å². The standard InChI is InChI=1S/C30H45NO12/c1-13(31-26(38)43-27(3,4)5)21(34)25(37)42-15-9-17-22(35)23(36)29(8)19(33)10-18-16(12-40-18)20(29)24(41-14(2)32)30(39,11-15)28(17,6)7/h13,15-21,24,33-34,39H,9-12H2,1-8H3,(H,31,38). The van der Waals surface area contributed by atoms with Gasteiger partial charge in [-0.2, -0.15) is 0 Å². The molecule has 13 nitrogen and oxygen atoms in total. The zero-order valence-electron chi connectivity index (χ0n) is 26.0. The topological polar surface area (TPSA) is 195 Å². The second kappa shape index (κ2) is 11.1. The molecular formula is C30H45NO12. The monoisotopic (exact) mass is 611 g/mol. The molecule has 11 unspecified atom stereocenters. The molecule has 3 saturated carbocycles. The van der Waals surface area contributed by atoms with E-state index < -0.39 is 106 Å². The van der Waals surface area contributed by atoms with Crippen LogP contribution < -0.4 is 5.32 Å². The van der Waals surface area contributed by atoms with E-state index in [0.717, 1.165) is 0 Å². The average molecular weight is 612 g/mol. The van der Waals surface area contributed by atoms with Gasteiger partial charge in [0.15, 0.2) is 6.10 Å². The SMILES string of the molecule is CC(=O)OC1C2C3COC3CC(O)C2(C)C(=O)C(=O)C2CC(OC(=O)C(O)C(C)NC(=O)OC(C)(C)C)CC1(O)C2(C)C. The molecule has 242 valence electrons. The minimum atomic E-state index is -2.00. The van der Waals surface area contributed by atoms with Crippen LogP contribution in [0.2, 0.25) is 0 Å². The van der Waals surface area contributed by atoms with Gasteiger partial charge in [-0.25, -0.2) is 9.59 Å². The number of nitrogens with one attached hydrogen (secondary N) is 1. The number of aliphatic hydroxyl groups is 3. The summed E-state index contributed by atoms with van der Waals surface area (Å²) >= 11 is 0. The highest BCUT2D eigenvalue weighted by molar-refractivity contribution is 6.40. The van der Waals surface area contributed by atoms with Crippen LogP contribution in [0.5, 0.6) is 0 Å². The van der Waals surface area contributed by atoms with Gasteiger partial charge in [0.25, 0.3) is 0 Å². The maximum absolute atomic E-state index is 14.0. The first-order valence-electron chi connectivity index (χ1n) is 14.8. The molecule has 4 fully saturated rings. The molecule has 11 atom stereocenters. The predicted octanol–water partition coefficient (Wildman–Crippen LogP) is 0.825. The van der Waals surface area contributed by atoms with Crippen molar-refractivity contribution >= 4 is 29.6 Å². The van der Waals surface area contributed by atoms with Gasteiger partial charge in [0.1, 0.15) is 23.4 Å². The van der Waals surface area contributed by atoms with Gasteiger partial charge >= 0.3 is 18.0 Å². The molecule has 0 spiro atoms. The Labute approximate surface area is 250 Å². The van der Waals surface area contributed by atoms with E-state index in [1.807, 2.05) is 0 Å². The quantitative estimate of drug-likeness (QED) is 0.195. The Hall–Kier alpha value is -2.61. The summed E-state index contributed by atoms with van der Waals surface area (Å²) in [6.07, 6.45) is -7.29. The summed E-state index contributed by atoms with van der Waals surface area (Å²) in [5, 5.41) is 36.8. The summed E-state index contributed by atoms with van der Waals surface area (Å²) in [5.41, 5.74) is -5.81. The lowest BCUT2D eigenvalue weighted by Crippen LogP contribution is -2.75. The Morgan fingerprint density at radius 1 is 1.09 bits per heavy atom. The summed E-state index contributed by atoms with van der Waals surface area (Å²) in [4.78, 5) is 65.7. The Morgan fingerprint density at radius 2 is 1.72 bits per heavy atom.